The maximum atomic E-state index is 14.8. The van der Waals surface area contributed by atoms with Gasteiger partial charge in [0, 0.05) is 70.4 Å². The second kappa shape index (κ2) is 14.1. The van der Waals surface area contributed by atoms with Crippen LogP contribution in [0.1, 0.15) is 57.3 Å². The monoisotopic (exact) mass is 773 g/mol. The summed E-state index contributed by atoms with van der Waals surface area (Å²) in [5, 5.41) is 7.91. The molecule has 2 aromatic heterocycles. The molecule has 2 saturated heterocycles. The van der Waals surface area contributed by atoms with E-state index in [1.54, 1.807) is 19.2 Å². The maximum Gasteiger partial charge on any atom is 0.410 e. The molecule has 1 atom stereocenters. The number of piperidine rings is 1. The van der Waals surface area contributed by atoms with Crippen LogP contribution in [0.5, 0.6) is 0 Å². The number of ether oxygens (including phenoxy) is 1. The van der Waals surface area contributed by atoms with Gasteiger partial charge in [0.15, 0.2) is 0 Å². The Kier molecular flexibility index (Phi) is 8.98. The Bertz CT molecular complexity index is 2470. The molecular weight excluding hydrogens is 737 g/mol. The van der Waals surface area contributed by atoms with Crippen molar-refractivity contribution in [1.29, 1.82) is 0 Å². The molecule has 11 nitrogen and oxygen atoms in total. The molecular formula is C42H37Cl2N7O4. The van der Waals surface area contributed by atoms with Crippen LogP contribution in [0.3, 0.4) is 0 Å². The largest absolute Gasteiger partial charge is 0.449 e. The number of rotatable bonds is 7. The van der Waals surface area contributed by atoms with Crippen molar-refractivity contribution in [3.63, 3.8) is 0 Å². The number of fused-ring (bicyclic) bond motifs is 2. The molecule has 0 aliphatic carbocycles. The van der Waals surface area contributed by atoms with Gasteiger partial charge < -0.3 is 34.7 Å². The first kappa shape index (κ1) is 35.0. The van der Waals surface area contributed by atoms with Gasteiger partial charge in [0.25, 0.3) is 11.8 Å². The van der Waals surface area contributed by atoms with Crippen molar-refractivity contribution in [2.45, 2.75) is 31.3 Å². The molecule has 4 aromatic carbocycles. The zero-order valence-corrected chi connectivity index (χ0v) is 31.5. The first-order chi connectivity index (χ1) is 26.8. The standard InChI is InChI=1S/C42H37Cl2N7O4/c1-45-40(52)26-10-13-33(49-17-14-29(15-18-49)50-16-5-19-55-42(50)54)31(20-26)48-41(53)37-35-34-30(21-28(44)22-32(34)47-37)38(25-8-11-27(43)12-9-25)51-23-46-36(39(35)51)24-6-3-2-4-7-24/h2-4,6-13,20-23,29,38,47H,5,14-19H2,1H3,(H,45,52)(H,48,53). The van der Waals surface area contributed by atoms with Crippen molar-refractivity contribution < 1.29 is 19.1 Å². The van der Waals surface area contributed by atoms with Gasteiger partial charge in [-0.1, -0.05) is 65.7 Å². The number of carbonyl (C=O) groups is 3. The summed E-state index contributed by atoms with van der Waals surface area (Å²) in [6, 6.07) is 26.6. The van der Waals surface area contributed by atoms with Gasteiger partial charge in [-0.05, 0) is 72.9 Å². The van der Waals surface area contributed by atoms with Crippen LogP contribution >= 0.6 is 23.2 Å². The molecule has 55 heavy (non-hydrogen) atoms. The highest BCUT2D eigenvalue weighted by Crippen LogP contribution is 2.50. The number of carbonyl (C=O) groups excluding carboxylic acids is 3. The Balaban J connectivity index is 1.14. The zero-order chi connectivity index (χ0) is 37.8. The molecule has 0 radical (unpaired) electrons. The van der Waals surface area contributed by atoms with E-state index in [-0.39, 0.29) is 30.0 Å². The molecule has 278 valence electrons. The van der Waals surface area contributed by atoms with Gasteiger partial charge in [0.05, 0.1) is 41.7 Å². The molecule has 0 spiro atoms. The van der Waals surface area contributed by atoms with Crippen LogP contribution in [-0.4, -0.2) is 76.7 Å². The average molecular weight is 775 g/mol. The van der Waals surface area contributed by atoms with E-state index in [4.69, 9.17) is 32.9 Å². The molecule has 2 fully saturated rings. The summed E-state index contributed by atoms with van der Waals surface area (Å²) >= 11 is 13.1. The first-order valence-electron chi connectivity index (χ1n) is 18.4. The summed E-state index contributed by atoms with van der Waals surface area (Å²) in [6.07, 6.45) is 3.88. The summed E-state index contributed by atoms with van der Waals surface area (Å²) in [6.45, 7) is 2.46. The Morgan fingerprint density at radius 1 is 0.909 bits per heavy atom. The fourth-order valence-electron chi connectivity index (χ4n) is 8.40. The van der Waals surface area contributed by atoms with Crippen LogP contribution < -0.4 is 15.5 Å². The van der Waals surface area contributed by atoms with Gasteiger partial charge in [-0.25, -0.2) is 9.78 Å². The zero-order valence-electron chi connectivity index (χ0n) is 29.9. The van der Waals surface area contributed by atoms with E-state index >= 15 is 0 Å². The van der Waals surface area contributed by atoms with Gasteiger partial charge in [0.1, 0.15) is 5.69 Å². The Hall–Kier alpha value is -5.78. The van der Waals surface area contributed by atoms with Crippen molar-refractivity contribution in [3.8, 4) is 22.5 Å². The number of nitrogens with one attached hydrogen (secondary N) is 3. The average Bonchev–Trinajstić information content (AvgIpc) is 3.81. The van der Waals surface area contributed by atoms with Gasteiger partial charge in [-0.15, -0.1) is 0 Å². The molecule has 1 unspecified atom stereocenters. The highest BCUT2D eigenvalue weighted by atomic mass is 35.5. The fraction of sp³-hybridized carbons (Fsp3) is 0.238. The van der Waals surface area contributed by atoms with E-state index in [1.165, 1.54) is 0 Å². The summed E-state index contributed by atoms with van der Waals surface area (Å²) < 4.78 is 7.42. The fourth-order valence-corrected chi connectivity index (χ4v) is 8.75. The summed E-state index contributed by atoms with van der Waals surface area (Å²) in [4.78, 5) is 52.6. The van der Waals surface area contributed by atoms with E-state index in [0.717, 1.165) is 58.4 Å². The minimum Gasteiger partial charge on any atom is -0.449 e. The number of benzene rings is 4. The third-order valence-corrected chi connectivity index (χ3v) is 11.4. The second-order valence-corrected chi connectivity index (χ2v) is 15.0. The van der Waals surface area contributed by atoms with Crippen molar-refractivity contribution in [2.75, 3.05) is 43.5 Å². The normalized spacial score (nSPS) is 16.9. The maximum absolute atomic E-state index is 14.8. The number of aromatic nitrogens is 3. The van der Waals surface area contributed by atoms with E-state index in [2.05, 4.69) is 25.1 Å². The van der Waals surface area contributed by atoms with Crippen LogP contribution in [-0.2, 0) is 4.74 Å². The van der Waals surface area contributed by atoms with Gasteiger partial charge in [-0.2, -0.15) is 0 Å². The molecule has 9 rings (SSSR count). The number of amides is 3. The number of aromatic amines is 1. The lowest BCUT2D eigenvalue weighted by molar-refractivity contribution is 0.0499. The molecule has 5 heterocycles. The lowest BCUT2D eigenvalue weighted by atomic mass is 9.88. The number of hydrogen-bond donors (Lipinski definition) is 3. The van der Waals surface area contributed by atoms with Crippen molar-refractivity contribution in [2.24, 2.45) is 0 Å². The summed E-state index contributed by atoms with van der Waals surface area (Å²) in [5.74, 6) is -0.653. The van der Waals surface area contributed by atoms with E-state index in [0.29, 0.717) is 64.3 Å². The predicted octanol–water partition coefficient (Wildman–Crippen LogP) is 8.38. The number of imidazole rings is 1. The number of halogens is 2. The van der Waals surface area contributed by atoms with Crippen LogP contribution in [0, 0.1) is 0 Å². The van der Waals surface area contributed by atoms with E-state index in [9.17, 15) is 14.4 Å². The van der Waals surface area contributed by atoms with Crippen LogP contribution in [0.15, 0.2) is 91.3 Å². The molecule has 3 amide bonds. The number of H-pyrrole nitrogens is 1. The topological polar surface area (TPSA) is 125 Å². The highest BCUT2D eigenvalue weighted by Gasteiger charge is 2.37. The first-order valence-corrected chi connectivity index (χ1v) is 19.1. The Morgan fingerprint density at radius 3 is 2.44 bits per heavy atom. The molecule has 3 aliphatic heterocycles. The number of hydrogen-bond acceptors (Lipinski definition) is 6. The van der Waals surface area contributed by atoms with Gasteiger partial charge in [0.2, 0.25) is 0 Å². The van der Waals surface area contributed by atoms with Crippen molar-refractivity contribution in [3.05, 3.63) is 124 Å². The molecule has 6 aromatic rings. The third-order valence-electron chi connectivity index (χ3n) is 10.9. The van der Waals surface area contributed by atoms with E-state index < -0.39 is 0 Å². The smallest absolute Gasteiger partial charge is 0.410 e. The summed E-state index contributed by atoms with van der Waals surface area (Å²) in [5.41, 5.74) is 7.79. The van der Waals surface area contributed by atoms with Gasteiger partial charge in [-0.3, -0.25) is 9.59 Å². The van der Waals surface area contributed by atoms with E-state index in [1.807, 2.05) is 84.0 Å². The lowest BCUT2D eigenvalue weighted by Crippen LogP contribution is -2.50. The minimum absolute atomic E-state index is 0.0769. The quantitative estimate of drug-likeness (QED) is 0.150. The van der Waals surface area contributed by atoms with Gasteiger partial charge >= 0.3 is 6.09 Å². The Labute approximate surface area is 327 Å². The SMILES string of the molecule is CNC(=O)c1ccc(N2CCC(N3CCCOC3=O)CC2)c(NC(=O)c2[nH]c3cc(Cl)cc4c3c2-c2c(-c3ccccc3)ncn2C4c2ccc(Cl)cc2)c1. The Morgan fingerprint density at radius 2 is 1.69 bits per heavy atom. The molecule has 0 saturated carbocycles. The van der Waals surface area contributed by atoms with Crippen LogP contribution in [0.25, 0.3) is 33.4 Å². The van der Waals surface area contributed by atoms with Crippen molar-refractivity contribution >= 4 is 63.4 Å². The van der Waals surface area contributed by atoms with Crippen LogP contribution in [0.2, 0.25) is 10.0 Å². The predicted molar refractivity (Wildman–Crippen MR) is 214 cm³/mol. The highest BCUT2D eigenvalue weighted by molar-refractivity contribution is 6.32. The molecule has 13 heteroatoms. The minimum atomic E-state index is -0.383. The lowest BCUT2D eigenvalue weighted by Gasteiger charge is -2.40. The molecule has 3 N–H and O–H groups in total. The molecule has 0 bridgehead atoms. The third kappa shape index (κ3) is 6.17. The second-order valence-electron chi connectivity index (χ2n) is 14.1. The number of nitrogens with zero attached hydrogens (tertiary/aromatic N) is 4. The number of anilines is 2. The van der Waals surface area contributed by atoms with Crippen molar-refractivity contribution in [1.82, 2.24) is 24.8 Å². The van der Waals surface area contributed by atoms with Crippen LogP contribution in [0.4, 0.5) is 16.2 Å². The number of cyclic esters (lactones) is 1. The molecule has 3 aliphatic rings. The summed E-state index contributed by atoms with van der Waals surface area (Å²) in [7, 11) is 1.58.